The maximum atomic E-state index is 13.5. The molecule has 1 fully saturated rings. The molecule has 5 rings (SSSR count). The van der Waals surface area contributed by atoms with Gasteiger partial charge >= 0.3 is 0 Å². The first-order valence-corrected chi connectivity index (χ1v) is 16.8. The second-order valence-corrected chi connectivity index (χ2v) is 13.1. The van der Waals surface area contributed by atoms with Crippen LogP contribution in [0.2, 0.25) is 0 Å². The number of anilines is 2. The first-order chi connectivity index (χ1) is 22.6. The van der Waals surface area contributed by atoms with Gasteiger partial charge in [-0.3, -0.25) is 19.6 Å². The Bertz CT molecular complexity index is 1900. The van der Waals surface area contributed by atoms with Crippen molar-refractivity contribution in [1.29, 1.82) is 5.26 Å². The second kappa shape index (κ2) is 14.8. The average molecular weight is 656 g/mol. The Hall–Kier alpha value is -5.35. The number of amides is 2. The van der Waals surface area contributed by atoms with Crippen LogP contribution in [0, 0.1) is 18.4 Å². The SMILES string of the molecule is Cc1cc2cc(NC(=N[C@H]3CCCCN(CC(=O)N(C)CCc4ccc(NS(=O)(=O)c5ccccc5)cc4)C3=O)NC#N)ccc2o1. The van der Waals surface area contributed by atoms with Crippen LogP contribution in [0.3, 0.4) is 0 Å². The van der Waals surface area contributed by atoms with Gasteiger partial charge in [-0.15, -0.1) is 0 Å². The number of rotatable bonds is 10. The smallest absolute Gasteiger partial charge is 0.261 e. The van der Waals surface area contributed by atoms with Gasteiger partial charge in [0.25, 0.3) is 10.0 Å². The lowest BCUT2D eigenvalue weighted by atomic mass is 10.1. The van der Waals surface area contributed by atoms with E-state index in [-0.39, 0.29) is 29.2 Å². The number of benzene rings is 3. The molecule has 0 unspecified atom stereocenters. The lowest BCUT2D eigenvalue weighted by Crippen LogP contribution is -2.45. The molecule has 1 atom stereocenters. The molecule has 12 nitrogen and oxygen atoms in total. The summed E-state index contributed by atoms with van der Waals surface area (Å²) in [7, 11) is -1.99. The molecule has 3 aromatic carbocycles. The number of carbonyl (C=O) groups excluding carboxylic acids is 2. The highest BCUT2D eigenvalue weighted by Crippen LogP contribution is 2.23. The predicted octanol–water partition coefficient (Wildman–Crippen LogP) is 4.46. The van der Waals surface area contributed by atoms with E-state index in [9.17, 15) is 23.3 Å². The number of nitrogens with one attached hydrogen (secondary N) is 3. The predicted molar refractivity (Wildman–Crippen MR) is 180 cm³/mol. The molecule has 1 aliphatic heterocycles. The van der Waals surface area contributed by atoms with Crippen LogP contribution in [-0.2, 0) is 26.0 Å². The van der Waals surface area contributed by atoms with E-state index in [0.29, 0.717) is 37.3 Å². The van der Waals surface area contributed by atoms with E-state index < -0.39 is 16.1 Å². The summed E-state index contributed by atoms with van der Waals surface area (Å²) in [5.74, 6) is 0.464. The van der Waals surface area contributed by atoms with Crippen LogP contribution in [0.15, 0.2) is 93.2 Å². The molecule has 2 heterocycles. The van der Waals surface area contributed by atoms with Crippen molar-refractivity contribution in [2.45, 2.75) is 43.5 Å². The van der Waals surface area contributed by atoms with Gasteiger partial charge in [0.1, 0.15) is 17.4 Å². The fraction of sp³-hybridized carbons (Fsp3) is 0.294. The minimum absolute atomic E-state index is 0.0769. The van der Waals surface area contributed by atoms with Crippen molar-refractivity contribution < 1.29 is 22.4 Å². The maximum absolute atomic E-state index is 13.5. The highest BCUT2D eigenvalue weighted by Gasteiger charge is 2.29. The third kappa shape index (κ3) is 8.68. The third-order valence-corrected chi connectivity index (χ3v) is 9.26. The summed E-state index contributed by atoms with van der Waals surface area (Å²) >= 11 is 0. The average Bonchev–Trinajstić information content (AvgIpc) is 3.35. The van der Waals surface area contributed by atoms with Crippen LogP contribution in [0.1, 0.15) is 30.6 Å². The van der Waals surface area contributed by atoms with Gasteiger partial charge in [-0.1, -0.05) is 30.3 Å². The molecular formula is C34H37N7O5S. The summed E-state index contributed by atoms with van der Waals surface area (Å²) in [6.07, 6.45) is 4.41. The largest absolute Gasteiger partial charge is 0.461 e. The van der Waals surface area contributed by atoms with Crippen molar-refractivity contribution in [1.82, 2.24) is 15.1 Å². The number of carbonyl (C=O) groups is 2. The number of hydrogen-bond donors (Lipinski definition) is 3. The van der Waals surface area contributed by atoms with Crippen molar-refractivity contribution in [2.75, 3.05) is 36.7 Å². The van der Waals surface area contributed by atoms with Gasteiger partial charge < -0.3 is 19.5 Å². The van der Waals surface area contributed by atoms with E-state index in [1.54, 1.807) is 48.3 Å². The van der Waals surface area contributed by atoms with E-state index >= 15 is 0 Å². The molecule has 1 aliphatic rings. The van der Waals surface area contributed by atoms with Gasteiger partial charge in [0.15, 0.2) is 6.19 Å². The van der Waals surface area contributed by atoms with Crippen LogP contribution in [0.5, 0.6) is 0 Å². The van der Waals surface area contributed by atoms with Crippen molar-refractivity contribution in [3.05, 3.63) is 90.2 Å². The normalized spacial score (nSPS) is 15.5. The molecule has 3 N–H and O–H groups in total. The van der Waals surface area contributed by atoms with Gasteiger partial charge in [-0.2, -0.15) is 5.26 Å². The standard InChI is InChI=1S/C34H37N7O5S/c1-24-20-26-21-28(15-16-31(26)46-24)37-34(36-23-35)38-30-10-6-7-18-41(33(30)43)22-32(42)40(2)19-17-25-11-13-27(14-12-25)39-47(44,45)29-8-4-3-5-9-29/h3-5,8-9,11-16,20-21,30,39H,6-7,10,17-19,22H2,1-2H3,(H2,36,37,38)/t30-/m0/s1. The van der Waals surface area contributed by atoms with Crippen LogP contribution in [-0.4, -0.2) is 68.7 Å². The quantitative estimate of drug-likeness (QED) is 0.0977. The van der Waals surface area contributed by atoms with Crippen molar-refractivity contribution in [2.24, 2.45) is 4.99 Å². The summed E-state index contributed by atoms with van der Waals surface area (Å²) in [4.78, 5) is 34.5. The monoisotopic (exact) mass is 655 g/mol. The maximum Gasteiger partial charge on any atom is 0.261 e. The van der Waals surface area contributed by atoms with Gasteiger partial charge in [0.2, 0.25) is 17.8 Å². The Labute approximate surface area is 274 Å². The van der Waals surface area contributed by atoms with Crippen molar-refractivity contribution >= 4 is 50.1 Å². The van der Waals surface area contributed by atoms with Gasteiger partial charge in [0.05, 0.1) is 11.4 Å². The fourth-order valence-electron chi connectivity index (χ4n) is 5.32. The van der Waals surface area contributed by atoms with Crippen LogP contribution < -0.4 is 15.4 Å². The lowest BCUT2D eigenvalue weighted by molar-refractivity contribution is -0.140. The number of furan rings is 1. The highest BCUT2D eigenvalue weighted by atomic mass is 32.2. The molecule has 244 valence electrons. The Morgan fingerprint density at radius 1 is 1.06 bits per heavy atom. The fourth-order valence-corrected chi connectivity index (χ4v) is 6.40. The van der Waals surface area contributed by atoms with Crippen molar-refractivity contribution in [3.63, 3.8) is 0 Å². The third-order valence-electron chi connectivity index (χ3n) is 7.86. The zero-order chi connectivity index (χ0) is 33.4. The molecule has 13 heteroatoms. The molecule has 0 bridgehead atoms. The first kappa shape index (κ1) is 33.0. The molecule has 1 aromatic heterocycles. The number of fused-ring (bicyclic) bond motifs is 1. The summed E-state index contributed by atoms with van der Waals surface area (Å²) in [5.41, 5.74) is 2.79. The Kier molecular flexibility index (Phi) is 10.4. The first-order valence-electron chi connectivity index (χ1n) is 15.3. The number of aliphatic imine (C=N–C) groups is 1. The number of nitriles is 1. The van der Waals surface area contributed by atoms with Gasteiger partial charge in [-0.25, -0.2) is 13.4 Å². The zero-order valence-electron chi connectivity index (χ0n) is 26.3. The van der Waals surface area contributed by atoms with E-state index in [4.69, 9.17) is 4.42 Å². The van der Waals surface area contributed by atoms with E-state index in [1.807, 2.05) is 43.4 Å². The number of nitrogens with zero attached hydrogens (tertiary/aromatic N) is 4. The summed E-state index contributed by atoms with van der Waals surface area (Å²) in [6, 6.07) is 21.8. The van der Waals surface area contributed by atoms with E-state index in [0.717, 1.165) is 35.1 Å². The number of sulfonamides is 1. The number of likely N-dealkylation sites (N-methyl/N-ethyl adjacent to an activating group) is 1. The summed E-state index contributed by atoms with van der Waals surface area (Å²) in [5, 5.41) is 15.9. The van der Waals surface area contributed by atoms with Gasteiger partial charge in [0, 0.05) is 36.9 Å². The topological polar surface area (TPSA) is 160 Å². The molecule has 0 saturated carbocycles. The molecule has 0 aliphatic carbocycles. The Morgan fingerprint density at radius 2 is 1.81 bits per heavy atom. The second-order valence-electron chi connectivity index (χ2n) is 11.4. The number of hydrogen-bond acceptors (Lipinski definition) is 7. The van der Waals surface area contributed by atoms with Crippen LogP contribution in [0.25, 0.3) is 11.0 Å². The highest BCUT2D eigenvalue weighted by molar-refractivity contribution is 7.92. The summed E-state index contributed by atoms with van der Waals surface area (Å²) in [6.45, 7) is 2.64. The molecule has 2 amide bonds. The molecule has 0 radical (unpaired) electrons. The van der Waals surface area contributed by atoms with E-state index in [1.165, 1.54) is 17.0 Å². The molecular weight excluding hydrogens is 618 g/mol. The molecule has 1 saturated heterocycles. The Morgan fingerprint density at radius 3 is 2.55 bits per heavy atom. The minimum Gasteiger partial charge on any atom is -0.461 e. The zero-order valence-corrected chi connectivity index (χ0v) is 27.1. The Balaban J connectivity index is 1.16. The lowest BCUT2D eigenvalue weighted by Gasteiger charge is -2.25. The molecule has 4 aromatic rings. The van der Waals surface area contributed by atoms with Crippen LogP contribution >= 0.6 is 0 Å². The van der Waals surface area contributed by atoms with E-state index in [2.05, 4.69) is 20.3 Å². The number of likely N-dealkylation sites (tertiary alicyclic amines) is 1. The van der Waals surface area contributed by atoms with Gasteiger partial charge in [-0.05, 0) is 86.7 Å². The van der Waals surface area contributed by atoms with Crippen LogP contribution in [0.4, 0.5) is 11.4 Å². The minimum atomic E-state index is -3.69. The molecule has 47 heavy (non-hydrogen) atoms. The number of aryl methyl sites for hydroxylation is 1. The number of guanidine groups is 1. The van der Waals surface area contributed by atoms with Crippen molar-refractivity contribution in [3.8, 4) is 6.19 Å². The summed E-state index contributed by atoms with van der Waals surface area (Å²) < 4.78 is 33.4. The molecule has 0 spiro atoms.